The number of aliphatic carboxylic acids is 2. The lowest BCUT2D eigenvalue weighted by atomic mass is 9.68. The number of nitrogens with zero attached hydrogens (tertiary/aromatic N) is 2. The average Bonchev–Trinajstić information content (AvgIpc) is 2.65. The van der Waals surface area contributed by atoms with Gasteiger partial charge in [-0.3, -0.25) is 9.59 Å². The molecule has 2 N–H and O–H groups in total. The molecule has 2 aliphatic heterocycles. The van der Waals surface area contributed by atoms with Crippen molar-refractivity contribution in [3.63, 3.8) is 0 Å². The van der Waals surface area contributed by atoms with Crippen LogP contribution in [0.5, 0.6) is 0 Å². The summed E-state index contributed by atoms with van der Waals surface area (Å²) in [5.41, 5.74) is -3.15. The van der Waals surface area contributed by atoms with Crippen molar-refractivity contribution >= 4 is 24.1 Å². The van der Waals surface area contributed by atoms with Crippen molar-refractivity contribution in [2.75, 3.05) is 13.1 Å². The molecule has 0 bridgehead atoms. The molecule has 0 aliphatic carbocycles. The fourth-order valence-electron chi connectivity index (χ4n) is 5.13. The van der Waals surface area contributed by atoms with E-state index < -0.39 is 59.2 Å². The van der Waals surface area contributed by atoms with Crippen LogP contribution in [0.15, 0.2) is 0 Å². The Balaban J connectivity index is 2.58. The monoisotopic (exact) mass is 484 g/mol. The molecule has 0 saturated carbocycles. The van der Waals surface area contributed by atoms with Gasteiger partial charge in [0.2, 0.25) is 0 Å². The van der Waals surface area contributed by atoms with Gasteiger partial charge < -0.3 is 29.5 Å². The summed E-state index contributed by atoms with van der Waals surface area (Å²) in [6.07, 6.45) is 1.18. The number of piperidine rings is 2. The van der Waals surface area contributed by atoms with Gasteiger partial charge in [0.1, 0.15) is 17.1 Å². The molecular formula is C24H40N2O8. The lowest BCUT2D eigenvalue weighted by Gasteiger charge is -2.53. The molecule has 3 atom stereocenters. The molecule has 0 radical (unpaired) electrons. The number of hydrogen-bond acceptors (Lipinski definition) is 6. The van der Waals surface area contributed by atoms with Crippen LogP contribution in [-0.2, 0) is 19.1 Å². The summed E-state index contributed by atoms with van der Waals surface area (Å²) in [6, 6.07) is -0.816. The zero-order chi connectivity index (χ0) is 25.9. The second kappa shape index (κ2) is 10.4. The molecule has 194 valence electrons. The normalized spacial score (nSPS) is 24.8. The summed E-state index contributed by atoms with van der Waals surface area (Å²) in [5, 5.41) is 20.3. The molecule has 10 nitrogen and oxygen atoms in total. The molecule has 2 rings (SSSR count). The summed E-state index contributed by atoms with van der Waals surface area (Å²) in [7, 11) is 0. The van der Waals surface area contributed by atoms with E-state index in [1.165, 1.54) is 9.80 Å². The van der Waals surface area contributed by atoms with Gasteiger partial charge in [0, 0.05) is 13.1 Å². The Morgan fingerprint density at radius 2 is 1.44 bits per heavy atom. The lowest BCUT2D eigenvalue weighted by molar-refractivity contribution is -0.158. The number of carboxylic acid groups (broad SMARTS) is 2. The molecule has 2 amide bonds. The topological polar surface area (TPSA) is 134 Å². The number of rotatable bonds is 5. The highest BCUT2D eigenvalue weighted by Gasteiger charge is 2.57. The van der Waals surface area contributed by atoms with E-state index in [1.807, 2.05) is 0 Å². The maximum absolute atomic E-state index is 13.2. The van der Waals surface area contributed by atoms with Crippen molar-refractivity contribution in [3.05, 3.63) is 0 Å². The van der Waals surface area contributed by atoms with Crippen LogP contribution in [0.3, 0.4) is 0 Å². The Bertz CT molecular complexity index is 785. The van der Waals surface area contributed by atoms with E-state index in [1.54, 1.807) is 41.5 Å². The fraction of sp³-hybridized carbons (Fsp3) is 0.833. The van der Waals surface area contributed by atoms with Gasteiger partial charge in [-0.15, -0.1) is 0 Å². The fourth-order valence-corrected chi connectivity index (χ4v) is 5.13. The number of carboxylic acids is 2. The van der Waals surface area contributed by atoms with Crippen LogP contribution >= 0.6 is 0 Å². The van der Waals surface area contributed by atoms with Crippen LogP contribution < -0.4 is 0 Å². The first kappa shape index (κ1) is 27.7. The summed E-state index contributed by atoms with van der Waals surface area (Å²) in [5.74, 6) is -3.76. The molecule has 2 saturated heterocycles. The number of carbonyl (C=O) groups is 4. The van der Waals surface area contributed by atoms with Gasteiger partial charge in [-0.25, -0.2) is 9.59 Å². The van der Waals surface area contributed by atoms with Crippen molar-refractivity contribution in [1.82, 2.24) is 9.80 Å². The quantitative estimate of drug-likeness (QED) is 0.595. The molecule has 2 fully saturated rings. The van der Waals surface area contributed by atoms with E-state index >= 15 is 0 Å². The molecule has 1 unspecified atom stereocenters. The van der Waals surface area contributed by atoms with Crippen LogP contribution in [-0.4, -0.2) is 80.0 Å². The Hall–Kier alpha value is -2.52. The minimum atomic E-state index is -1.54. The Morgan fingerprint density at radius 3 is 1.97 bits per heavy atom. The Labute approximate surface area is 201 Å². The molecule has 10 heteroatoms. The standard InChI is InChI=1S/C24H40N2O8/c1-22(2,3)33-20(31)25-13-9-7-11-16(25)18(19(29)30)24(15-17(27)28)12-8-10-14-26(24)21(32)34-23(4,5)6/h16,18H,7-15H2,1-6H3,(H,27,28)(H,29,30)/t16-,18?,24-/m0/s1. The van der Waals surface area contributed by atoms with E-state index in [0.717, 1.165) is 0 Å². The number of carbonyl (C=O) groups excluding carboxylic acids is 2. The van der Waals surface area contributed by atoms with Crippen molar-refractivity contribution in [3.8, 4) is 0 Å². The molecule has 2 aliphatic rings. The molecular weight excluding hydrogens is 444 g/mol. The lowest BCUT2D eigenvalue weighted by Crippen LogP contribution is -2.67. The average molecular weight is 485 g/mol. The molecule has 0 aromatic rings. The first-order valence-electron chi connectivity index (χ1n) is 12.0. The first-order valence-corrected chi connectivity index (χ1v) is 12.0. The van der Waals surface area contributed by atoms with Crippen LogP contribution in [0.1, 0.15) is 86.5 Å². The van der Waals surface area contributed by atoms with E-state index in [9.17, 15) is 29.4 Å². The first-order chi connectivity index (χ1) is 15.6. The largest absolute Gasteiger partial charge is 0.481 e. The highest BCUT2D eigenvalue weighted by molar-refractivity contribution is 5.80. The van der Waals surface area contributed by atoms with E-state index in [-0.39, 0.29) is 13.0 Å². The third-order valence-electron chi connectivity index (χ3n) is 6.26. The predicted octanol–water partition coefficient (Wildman–Crippen LogP) is 4.11. The molecule has 34 heavy (non-hydrogen) atoms. The summed E-state index contributed by atoms with van der Waals surface area (Å²) >= 11 is 0. The van der Waals surface area contributed by atoms with Gasteiger partial charge in [-0.05, 0) is 80.1 Å². The maximum Gasteiger partial charge on any atom is 0.410 e. The van der Waals surface area contributed by atoms with Crippen molar-refractivity contribution in [2.24, 2.45) is 5.92 Å². The van der Waals surface area contributed by atoms with E-state index in [0.29, 0.717) is 38.6 Å². The summed E-state index contributed by atoms with van der Waals surface area (Å²) in [6.45, 7) is 10.8. The zero-order valence-corrected chi connectivity index (χ0v) is 21.3. The van der Waals surface area contributed by atoms with Crippen LogP contribution in [0.4, 0.5) is 9.59 Å². The van der Waals surface area contributed by atoms with Crippen molar-refractivity contribution in [2.45, 2.75) is 109 Å². The minimum Gasteiger partial charge on any atom is -0.481 e. The van der Waals surface area contributed by atoms with Gasteiger partial charge in [-0.1, -0.05) is 0 Å². The predicted molar refractivity (Wildman–Crippen MR) is 123 cm³/mol. The van der Waals surface area contributed by atoms with E-state index in [4.69, 9.17) is 9.47 Å². The van der Waals surface area contributed by atoms with Crippen molar-refractivity contribution < 1.29 is 38.9 Å². The van der Waals surface area contributed by atoms with Crippen LogP contribution in [0.25, 0.3) is 0 Å². The van der Waals surface area contributed by atoms with Crippen LogP contribution in [0.2, 0.25) is 0 Å². The van der Waals surface area contributed by atoms with Crippen molar-refractivity contribution in [1.29, 1.82) is 0 Å². The van der Waals surface area contributed by atoms with E-state index in [2.05, 4.69) is 0 Å². The smallest absolute Gasteiger partial charge is 0.410 e. The van der Waals surface area contributed by atoms with Crippen LogP contribution in [0, 0.1) is 5.92 Å². The maximum atomic E-state index is 13.2. The Kier molecular flexibility index (Phi) is 8.48. The third kappa shape index (κ3) is 6.76. The third-order valence-corrected chi connectivity index (χ3v) is 6.26. The number of ether oxygens (including phenoxy) is 2. The zero-order valence-electron chi connectivity index (χ0n) is 21.3. The highest BCUT2D eigenvalue weighted by atomic mass is 16.6. The van der Waals surface area contributed by atoms with Gasteiger partial charge >= 0.3 is 24.1 Å². The molecule has 0 aromatic carbocycles. The second-order valence-electron chi connectivity index (χ2n) is 11.3. The van der Waals surface area contributed by atoms with Gasteiger partial charge in [0.25, 0.3) is 0 Å². The SMILES string of the molecule is CC(C)(C)OC(=O)N1CCCC[C@H]1C(C(=O)O)[C@@]1(CC(=O)O)CCCCN1C(=O)OC(C)(C)C. The minimum absolute atomic E-state index is 0.186. The molecule has 0 aromatic heterocycles. The summed E-state index contributed by atoms with van der Waals surface area (Å²) < 4.78 is 11.1. The van der Waals surface area contributed by atoms with Gasteiger partial charge in [0.15, 0.2) is 0 Å². The van der Waals surface area contributed by atoms with Gasteiger partial charge in [0.05, 0.1) is 18.0 Å². The molecule has 2 heterocycles. The number of hydrogen-bond donors (Lipinski definition) is 2. The highest BCUT2D eigenvalue weighted by Crippen LogP contribution is 2.44. The Morgan fingerprint density at radius 1 is 0.882 bits per heavy atom. The summed E-state index contributed by atoms with van der Waals surface area (Å²) in [4.78, 5) is 53.9. The second-order valence-corrected chi connectivity index (χ2v) is 11.3. The number of likely N-dealkylation sites (tertiary alicyclic amines) is 2. The number of amides is 2. The van der Waals surface area contributed by atoms with Gasteiger partial charge in [-0.2, -0.15) is 0 Å². The molecule has 0 spiro atoms.